The summed E-state index contributed by atoms with van der Waals surface area (Å²) in [5.74, 6) is 0.0420. The minimum absolute atomic E-state index is 0.0420. The van der Waals surface area contributed by atoms with Crippen molar-refractivity contribution in [1.29, 1.82) is 0 Å². The topological polar surface area (TPSA) is 55.8 Å². The van der Waals surface area contributed by atoms with Crippen LogP contribution in [0.5, 0.6) is 0 Å². The van der Waals surface area contributed by atoms with Crippen LogP contribution in [0.25, 0.3) is 0 Å². The van der Waals surface area contributed by atoms with Gasteiger partial charge in [-0.2, -0.15) is 0 Å². The number of hydrogen-bond donors (Lipinski definition) is 2. The summed E-state index contributed by atoms with van der Waals surface area (Å²) < 4.78 is 0. The molecule has 94 valence electrons. The first kappa shape index (κ1) is 13.4. The molecule has 0 aromatic carbocycles. The molecule has 16 heavy (non-hydrogen) atoms. The Labute approximate surface area is 97.4 Å². The number of carbonyl (C=O) groups excluding carboxylic acids is 1. The van der Waals surface area contributed by atoms with Crippen LogP contribution < -0.4 is 5.32 Å². The van der Waals surface area contributed by atoms with Crippen LogP contribution in [-0.4, -0.2) is 73.2 Å². The van der Waals surface area contributed by atoms with Gasteiger partial charge >= 0.3 is 0 Å². The van der Waals surface area contributed by atoms with Crippen molar-refractivity contribution in [2.75, 3.05) is 40.3 Å². The minimum Gasteiger partial charge on any atom is -0.392 e. The maximum atomic E-state index is 11.5. The summed E-state index contributed by atoms with van der Waals surface area (Å²) in [7, 11) is 4.02. The van der Waals surface area contributed by atoms with Crippen molar-refractivity contribution >= 4 is 5.91 Å². The van der Waals surface area contributed by atoms with Crippen molar-refractivity contribution in [3.63, 3.8) is 0 Å². The fraction of sp³-hybridized carbons (Fsp3) is 0.909. The Kier molecular flexibility index (Phi) is 5.18. The number of aliphatic hydroxyl groups excluding tert-OH is 1. The van der Waals surface area contributed by atoms with Crippen molar-refractivity contribution in [2.45, 2.75) is 25.5 Å². The lowest BCUT2D eigenvalue weighted by Gasteiger charge is -2.25. The zero-order valence-corrected chi connectivity index (χ0v) is 10.4. The second-order valence-corrected chi connectivity index (χ2v) is 4.69. The first-order chi connectivity index (χ1) is 7.52. The molecule has 5 nitrogen and oxygen atoms in total. The number of nitrogens with one attached hydrogen (secondary N) is 1. The third-order valence-electron chi connectivity index (χ3n) is 2.80. The van der Waals surface area contributed by atoms with E-state index in [0.29, 0.717) is 19.6 Å². The highest BCUT2D eigenvalue weighted by Gasteiger charge is 2.31. The van der Waals surface area contributed by atoms with Crippen LogP contribution in [0.3, 0.4) is 0 Å². The van der Waals surface area contributed by atoms with Crippen LogP contribution in [0.4, 0.5) is 0 Å². The minimum atomic E-state index is -0.292. The third kappa shape index (κ3) is 4.08. The summed E-state index contributed by atoms with van der Waals surface area (Å²) in [6.07, 6.45) is 0.469. The molecule has 1 fully saturated rings. The van der Waals surface area contributed by atoms with Crippen molar-refractivity contribution < 1.29 is 9.90 Å². The molecule has 2 N–H and O–H groups in total. The SMILES string of the molecule is CCNC(=O)CN1CC(O)CC1CN(C)C. The van der Waals surface area contributed by atoms with E-state index in [1.807, 2.05) is 21.0 Å². The molecule has 5 heteroatoms. The molecule has 0 spiro atoms. The summed E-state index contributed by atoms with van der Waals surface area (Å²) in [6.45, 7) is 4.46. The summed E-state index contributed by atoms with van der Waals surface area (Å²) in [4.78, 5) is 15.6. The number of β-amino-alcohol motifs (C(OH)–C–C–N with tert-alkyl or cyclic N) is 1. The van der Waals surface area contributed by atoms with Crippen molar-refractivity contribution in [2.24, 2.45) is 0 Å². The van der Waals surface area contributed by atoms with Gasteiger partial charge in [0.25, 0.3) is 0 Å². The molecule has 2 atom stereocenters. The van der Waals surface area contributed by atoms with Gasteiger partial charge in [-0.1, -0.05) is 0 Å². The van der Waals surface area contributed by atoms with Crippen LogP contribution in [0.1, 0.15) is 13.3 Å². The predicted molar refractivity (Wildman–Crippen MR) is 63.2 cm³/mol. The lowest BCUT2D eigenvalue weighted by molar-refractivity contribution is -0.122. The number of likely N-dealkylation sites (tertiary alicyclic amines) is 1. The normalized spacial score (nSPS) is 26.3. The fourth-order valence-corrected chi connectivity index (χ4v) is 2.20. The van der Waals surface area contributed by atoms with Crippen molar-refractivity contribution in [3.05, 3.63) is 0 Å². The van der Waals surface area contributed by atoms with Crippen LogP contribution in [0.2, 0.25) is 0 Å². The number of carbonyl (C=O) groups is 1. The largest absolute Gasteiger partial charge is 0.392 e. The summed E-state index contributed by atoms with van der Waals surface area (Å²) in [5.41, 5.74) is 0. The zero-order chi connectivity index (χ0) is 12.1. The summed E-state index contributed by atoms with van der Waals surface area (Å²) >= 11 is 0. The Morgan fingerprint density at radius 2 is 2.25 bits per heavy atom. The van der Waals surface area contributed by atoms with E-state index in [9.17, 15) is 9.90 Å². The molecule has 0 aromatic rings. The molecule has 1 saturated heterocycles. The molecule has 1 aliphatic heterocycles. The molecule has 0 bridgehead atoms. The number of aliphatic hydroxyl groups is 1. The highest BCUT2D eigenvalue weighted by Crippen LogP contribution is 2.17. The van der Waals surface area contributed by atoms with E-state index in [1.54, 1.807) is 0 Å². The van der Waals surface area contributed by atoms with Gasteiger partial charge in [0, 0.05) is 25.7 Å². The first-order valence-electron chi connectivity index (χ1n) is 5.86. The predicted octanol–water partition coefficient (Wildman–Crippen LogP) is -0.881. The lowest BCUT2D eigenvalue weighted by Crippen LogP contribution is -2.43. The number of hydrogen-bond acceptors (Lipinski definition) is 4. The average Bonchev–Trinajstić information content (AvgIpc) is 2.45. The highest BCUT2D eigenvalue weighted by molar-refractivity contribution is 5.78. The van der Waals surface area contributed by atoms with Gasteiger partial charge in [-0.3, -0.25) is 9.69 Å². The lowest BCUT2D eigenvalue weighted by atomic mass is 10.2. The van der Waals surface area contributed by atoms with Gasteiger partial charge in [0.1, 0.15) is 0 Å². The van der Waals surface area contributed by atoms with Gasteiger partial charge in [0.2, 0.25) is 5.91 Å². The Balaban J connectivity index is 2.45. The molecule has 1 aliphatic rings. The number of likely N-dealkylation sites (N-methyl/N-ethyl adjacent to an activating group) is 2. The molecule has 0 aliphatic carbocycles. The Hall–Kier alpha value is -0.650. The van der Waals surface area contributed by atoms with Gasteiger partial charge in [-0.05, 0) is 27.4 Å². The van der Waals surface area contributed by atoms with Gasteiger partial charge in [0.05, 0.1) is 12.6 Å². The number of amides is 1. The highest BCUT2D eigenvalue weighted by atomic mass is 16.3. The third-order valence-corrected chi connectivity index (χ3v) is 2.80. The molecule has 0 aromatic heterocycles. The Morgan fingerprint density at radius 1 is 1.56 bits per heavy atom. The van der Waals surface area contributed by atoms with Gasteiger partial charge < -0.3 is 15.3 Å². The zero-order valence-electron chi connectivity index (χ0n) is 10.4. The Morgan fingerprint density at radius 3 is 2.81 bits per heavy atom. The Bertz CT molecular complexity index is 233. The molecule has 1 heterocycles. The maximum absolute atomic E-state index is 11.5. The van der Waals surface area contributed by atoms with Gasteiger partial charge in [-0.25, -0.2) is 0 Å². The van der Waals surface area contributed by atoms with Gasteiger partial charge in [-0.15, -0.1) is 0 Å². The first-order valence-corrected chi connectivity index (χ1v) is 5.86. The number of rotatable bonds is 5. The van der Waals surface area contributed by atoms with Gasteiger partial charge in [0.15, 0.2) is 0 Å². The second kappa shape index (κ2) is 6.18. The molecule has 0 radical (unpaired) electrons. The molecular weight excluding hydrogens is 206 g/mol. The number of nitrogens with zero attached hydrogens (tertiary/aromatic N) is 2. The monoisotopic (exact) mass is 229 g/mol. The van der Waals surface area contributed by atoms with E-state index in [-0.39, 0.29) is 18.1 Å². The molecule has 2 unspecified atom stereocenters. The van der Waals surface area contributed by atoms with E-state index in [1.165, 1.54) is 0 Å². The van der Waals surface area contributed by atoms with Crippen LogP contribution >= 0.6 is 0 Å². The maximum Gasteiger partial charge on any atom is 0.234 e. The summed E-state index contributed by atoms with van der Waals surface area (Å²) in [6, 6.07) is 0.285. The molecule has 0 saturated carbocycles. The standard InChI is InChI=1S/C11H23N3O2/c1-4-12-11(16)8-14-7-10(15)5-9(14)6-13(2)3/h9-10,15H,4-8H2,1-3H3,(H,12,16). The van der Waals surface area contributed by atoms with Crippen LogP contribution in [-0.2, 0) is 4.79 Å². The summed E-state index contributed by atoms with van der Waals surface area (Å²) in [5, 5.41) is 12.4. The van der Waals surface area contributed by atoms with E-state index < -0.39 is 0 Å². The molecule has 1 rings (SSSR count). The van der Waals surface area contributed by atoms with Crippen molar-refractivity contribution in [3.8, 4) is 0 Å². The average molecular weight is 229 g/mol. The molecular formula is C11H23N3O2. The van der Waals surface area contributed by atoms with Crippen molar-refractivity contribution in [1.82, 2.24) is 15.1 Å². The molecule has 1 amide bonds. The second-order valence-electron chi connectivity index (χ2n) is 4.69. The van der Waals surface area contributed by atoms with E-state index in [0.717, 1.165) is 13.0 Å². The van der Waals surface area contributed by atoms with E-state index in [2.05, 4.69) is 15.1 Å². The van der Waals surface area contributed by atoms with E-state index in [4.69, 9.17) is 0 Å². The van der Waals surface area contributed by atoms with E-state index >= 15 is 0 Å². The smallest absolute Gasteiger partial charge is 0.234 e. The quantitative estimate of drug-likeness (QED) is 0.643. The fourth-order valence-electron chi connectivity index (χ4n) is 2.20. The van der Waals surface area contributed by atoms with Crippen LogP contribution in [0, 0.1) is 0 Å². The van der Waals surface area contributed by atoms with Crippen LogP contribution in [0.15, 0.2) is 0 Å².